The van der Waals surface area contributed by atoms with Gasteiger partial charge in [-0.1, -0.05) is 40.2 Å². The van der Waals surface area contributed by atoms with E-state index in [1.807, 2.05) is 0 Å². The number of nitrogens with zero attached hydrogens (tertiary/aromatic N) is 1. The van der Waals surface area contributed by atoms with Gasteiger partial charge in [0.1, 0.15) is 11.4 Å². The molecule has 0 saturated carbocycles. The Kier molecular flexibility index (Phi) is 8.00. The van der Waals surface area contributed by atoms with Gasteiger partial charge in [0.15, 0.2) is 11.5 Å². The lowest BCUT2D eigenvalue weighted by atomic mass is 10.2. The van der Waals surface area contributed by atoms with Crippen molar-refractivity contribution in [3.8, 4) is 11.5 Å². The number of carbonyl (C=O) groups is 3. The van der Waals surface area contributed by atoms with Gasteiger partial charge in [0.2, 0.25) is 5.91 Å². The molecule has 0 bridgehead atoms. The van der Waals surface area contributed by atoms with Crippen LogP contribution in [0.2, 0.25) is 0 Å². The van der Waals surface area contributed by atoms with Gasteiger partial charge in [0.25, 0.3) is 11.1 Å². The molecule has 0 unspecified atom stereocenters. The molecule has 37 heavy (non-hydrogen) atoms. The van der Waals surface area contributed by atoms with Crippen LogP contribution in [0.1, 0.15) is 5.56 Å². The van der Waals surface area contributed by atoms with Gasteiger partial charge in [-0.05, 0) is 71.9 Å². The van der Waals surface area contributed by atoms with Crippen LogP contribution in [0.3, 0.4) is 0 Å². The Bertz CT molecular complexity index is 1490. The fourth-order valence-corrected chi connectivity index (χ4v) is 5.32. The van der Waals surface area contributed by atoms with Crippen molar-refractivity contribution in [3.05, 3.63) is 87.7 Å². The van der Waals surface area contributed by atoms with Gasteiger partial charge in [-0.2, -0.15) is 8.42 Å². The summed E-state index contributed by atoms with van der Waals surface area (Å²) >= 11 is 4.00. The fraction of sp³-hybridized carbons (Fsp3) is 0.0800. The molecular formula is C25H19BrN2O7S2. The zero-order valence-electron chi connectivity index (χ0n) is 19.2. The van der Waals surface area contributed by atoms with Crippen LogP contribution >= 0.6 is 27.7 Å². The third-order valence-corrected chi connectivity index (χ3v) is 7.70. The predicted molar refractivity (Wildman–Crippen MR) is 143 cm³/mol. The van der Waals surface area contributed by atoms with E-state index < -0.39 is 33.7 Å². The first-order valence-electron chi connectivity index (χ1n) is 10.6. The van der Waals surface area contributed by atoms with E-state index in [1.165, 1.54) is 43.5 Å². The zero-order valence-corrected chi connectivity index (χ0v) is 22.4. The number of imide groups is 1. The Morgan fingerprint density at radius 2 is 1.73 bits per heavy atom. The zero-order chi connectivity index (χ0) is 26.6. The van der Waals surface area contributed by atoms with Crippen LogP contribution in [0, 0.1) is 0 Å². The minimum absolute atomic E-state index is 0.0148. The molecule has 12 heteroatoms. The minimum Gasteiger partial charge on any atom is -0.493 e. The van der Waals surface area contributed by atoms with Crippen LogP contribution in [0.5, 0.6) is 11.5 Å². The summed E-state index contributed by atoms with van der Waals surface area (Å²) in [4.78, 5) is 38.5. The standard InChI is InChI=1S/C25H19BrN2O7S2/c1-34-21-13-16(7-12-20(21)35-37(32,33)19-5-3-2-4-6-19)14-22-24(30)28(25(31)36-22)15-23(29)27-18-10-8-17(26)9-11-18/h2-14H,15H2,1H3,(H,27,29)/b22-14-. The predicted octanol–water partition coefficient (Wildman–Crippen LogP) is 4.90. The summed E-state index contributed by atoms with van der Waals surface area (Å²) in [6.07, 6.45) is 1.45. The van der Waals surface area contributed by atoms with Crippen molar-refractivity contribution in [2.45, 2.75) is 4.90 Å². The van der Waals surface area contributed by atoms with Gasteiger partial charge in [-0.25, -0.2) is 0 Å². The Labute approximate surface area is 225 Å². The van der Waals surface area contributed by atoms with Crippen molar-refractivity contribution >= 4 is 66.6 Å². The van der Waals surface area contributed by atoms with Crippen molar-refractivity contribution in [3.63, 3.8) is 0 Å². The smallest absolute Gasteiger partial charge is 0.339 e. The second-order valence-electron chi connectivity index (χ2n) is 7.58. The normalized spacial score (nSPS) is 14.6. The van der Waals surface area contributed by atoms with E-state index in [9.17, 15) is 22.8 Å². The quantitative estimate of drug-likeness (QED) is 0.285. The lowest BCUT2D eigenvalue weighted by Gasteiger charge is -2.12. The summed E-state index contributed by atoms with van der Waals surface area (Å²) in [6.45, 7) is -0.439. The fourth-order valence-electron chi connectivity index (χ4n) is 3.26. The van der Waals surface area contributed by atoms with Gasteiger partial charge < -0.3 is 14.2 Å². The summed E-state index contributed by atoms with van der Waals surface area (Å²) in [5.41, 5.74) is 0.991. The Morgan fingerprint density at radius 3 is 2.41 bits per heavy atom. The number of rotatable bonds is 8. The van der Waals surface area contributed by atoms with E-state index in [-0.39, 0.29) is 21.3 Å². The molecule has 1 aliphatic heterocycles. The number of anilines is 1. The molecule has 1 fully saturated rings. The van der Waals surface area contributed by atoms with Crippen LogP contribution in [0.15, 0.2) is 87.1 Å². The number of hydrogen-bond donors (Lipinski definition) is 1. The molecule has 1 N–H and O–H groups in total. The van der Waals surface area contributed by atoms with Crippen molar-refractivity contribution in [2.75, 3.05) is 19.0 Å². The van der Waals surface area contributed by atoms with Gasteiger partial charge in [0.05, 0.1) is 12.0 Å². The molecular weight excluding hydrogens is 584 g/mol. The molecule has 0 aromatic heterocycles. The molecule has 3 aromatic rings. The van der Waals surface area contributed by atoms with E-state index in [1.54, 1.807) is 42.5 Å². The molecule has 9 nitrogen and oxygen atoms in total. The molecule has 3 aromatic carbocycles. The third kappa shape index (κ3) is 6.40. The van der Waals surface area contributed by atoms with Crippen LogP contribution in [0.4, 0.5) is 10.5 Å². The molecule has 0 aliphatic carbocycles. The Morgan fingerprint density at radius 1 is 1.03 bits per heavy atom. The molecule has 1 saturated heterocycles. The number of benzene rings is 3. The molecule has 1 heterocycles. The summed E-state index contributed by atoms with van der Waals surface area (Å²) in [5, 5.41) is 2.06. The lowest BCUT2D eigenvalue weighted by molar-refractivity contribution is -0.127. The summed E-state index contributed by atoms with van der Waals surface area (Å²) in [6, 6.07) is 18.9. The first kappa shape index (κ1) is 26.5. The van der Waals surface area contributed by atoms with Crippen molar-refractivity contribution in [1.82, 2.24) is 4.90 Å². The Hall–Kier alpha value is -3.61. The number of hydrogen-bond acceptors (Lipinski definition) is 8. The van der Waals surface area contributed by atoms with Crippen molar-refractivity contribution in [2.24, 2.45) is 0 Å². The molecule has 3 amide bonds. The average Bonchev–Trinajstić information content (AvgIpc) is 3.14. The van der Waals surface area contributed by atoms with Crippen LogP contribution in [-0.2, 0) is 19.7 Å². The number of nitrogens with one attached hydrogen (secondary N) is 1. The number of amides is 3. The van der Waals surface area contributed by atoms with Crippen LogP contribution < -0.4 is 14.2 Å². The molecule has 190 valence electrons. The first-order valence-corrected chi connectivity index (χ1v) is 13.7. The van der Waals surface area contributed by atoms with E-state index in [0.717, 1.165) is 9.37 Å². The van der Waals surface area contributed by atoms with Crippen LogP contribution in [0.25, 0.3) is 6.08 Å². The highest BCUT2D eigenvalue weighted by atomic mass is 79.9. The average molecular weight is 603 g/mol. The number of methoxy groups -OCH3 is 1. The summed E-state index contributed by atoms with van der Waals surface area (Å²) < 4.78 is 36.5. The van der Waals surface area contributed by atoms with E-state index in [0.29, 0.717) is 23.0 Å². The summed E-state index contributed by atoms with van der Waals surface area (Å²) in [7, 11) is -2.74. The minimum atomic E-state index is -4.09. The highest BCUT2D eigenvalue weighted by Crippen LogP contribution is 2.35. The molecule has 0 atom stereocenters. The van der Waals surface area contributed by atoms with E-state index in [4.69, 9.17) is 8.92 Å². The van der Waals surface area contributed by atoms with Crippen molar-refractivity contribution < 1.29 is 31.7 Å². The van der Waals surface area contributed by atoms with Gasteiger partial charge in [-0.15, -0.1) is 0 Å². The van der Waals surface area contributed by atoms with Gasteiger partial charge in [0, 0.05) is 10.2 Å². The number of ether oxygens (including phenoxy) is 1. The topological polar surface area (TPSA) is 119 Å². The third-order valence-electron chi connectivity index (χ3n) is 5.02. The Balaban J connectivity index is 1.48. The second kappa shape index (κ2) is 11.2. The van der Waals surface area contributed by atoms with E-state index in [2.05, 4.69) is 21.2 Å². The largest absolute Gasteiger partial charge is 0.493 e. The van der Waals surface area contributed by atoms with Gasteiger partial charge in [-0.3, -0.25) is 19.3 Å². The number of thioether (sulfide) groups is 1. The monoisotopic (exact) mass is 602 g/mol. The number of halogens is 1. The second-order valence-corrected chi connectivity index (χ2v) is 11.0. The SMILES string of the molecule is COc1cc(/C=C2\SC(=O)N(CC(=O)Nc3ccc(Br)cc3)C2=O)ccc1OS(=O)(=O)c1ccccc1. The van der Waals surface area contributed by atoms with Gasteiger partial charge >= 0.3 is 10.1 Å². The maximum atomic E-state index is 12.8. The molecule has 0 radical (unpaired) electrons. The van der Waals surface area contributed by atoms with Crippen LogP contribution in [-0.4, -0.2) is 44.0 Å². The summed E-state index contributed by atoms with van der Waals surface area (Å²) in [5.74, 6) is -1.07. The maximum Gasteiger partial charge on any atom is 0.339 e. The molecule has 0 spiro atoms. The molecule has 1 aliphatic rings. The van der Waals surface area contributed by atoms with E-state index >= 15 is 0 Å². The molecule has 4 rings (SSSR count). The maximum absolute atomic E-state index is 12.8. The first-order chi connectivity index (χ1) is 17.7. The van der Waals surface area contributed by atoms with Crippen molar-refractivity contribution in [1.29, 1.82) is 0 Å². The lowest BCUT2D eigenvalue weighted by Crippen LogP contribution is -2.36. The highest BCUT2D eigenvalue weighted by molar-refractivity contribution is 9.10. The number of carbonyl (C=O) groups excluding carboxylic acids is 3. The highest BCUT2D eigenvalue weighted by Gasteiger charge is 2.36.